The summed E-state index contributed by atoms with van der Waals surface area (Å²) in [4.78, 5) is 21.1. The first-order chi connectivity index (χ1) is 12.9. The third-order valence-electron chi connectivity index (χ3n) is 4.26. The first-order valence-electron chi connectivity index (χ1n) is 8.53. The van der Waals surface area contributed by atoms with Gasteiger partial charge in [0.2, 0.25) is 0 Å². The van der Waals surface area contributed by atoms with Crippen LogP contribution in [0.2, 0.25) is 0 Å². The average molecular weight is 391 g/mol. The van der Waals surface area contributed by atoms with Crippen LogP contribution in [0.1, 0.15) is 19.8 Å². The van der Waals surface area contributed by atoms with Gasteiger partial charge in [0.1, 0.15) is 12.0 Å². The van der Waals surface area contributed by atoms with Crippen molar-refractivity contribution in [3.8, 4) is 11.4 Å². The predicted molar refractivity (Wildman–Crippen MR) is 101 cm³/mol. The highest BCUT2D eigenvalue weighted by Crippen LogP contribution is 2.24. The summed E-state index contributed by atoms with van der Waals surface area (Å²) in [6, 6.07) is 4.27. The first kappa shape index (κ1) is 19.3. The second-order valence-corrected chi connectivity index (χ2v) is 7.65. The summed E-state index contributed by atoms with van der Waals surface area (Å²) >= 11 is 0. The van der Waals surface area contributed by atoms with Crippen molar-refractivity contribution >= 4 is 21.6 Å². The van der Waals surface area contributed by atoms with Crippen molar-refractivity contribution in [1.82, 2.24) is 14.5 Å². The normalized spacial score (nSPS) is 13.6. The molecule has 3 aromatic rings. The molecule has 3 rings (SSSR count). The minimum absolute atomic E-state index is 0.0509. The maximum Gasteiger partial charge on any atom is 0.258 e. The summed E-state index contributed by atoms with van der Waals surface area (Å²) in [5.74, 6) is -0.507. The Kier molecular flexibility index (Phi) is 5.74. The van der Waals surface area contributed by atoms with Gasteiger partial charge in [-0.2, -0.15) is 0 Å². The zero-order valence-electron chi connectivity index (χ0n) is 15.0. The zero-order valence-corrected chi connectivity index (χ0v) is 15.8. The van der Waals surface area contributed by atoms with Gasteiger partial charge >= 0.3 is 0 Å². The van der Waals surface area contributed by atoms with E-state index in [1.165, 1.54) is 35.5 Å². The average Bonchev–Trinajstić information content (AvgIpc) is 2.64. The predicted octanol–water partition coefficient (Wildman–Crippen LogP) is 3.47. The first-order valence-corrected chi connectivity index (χ1v) is 10.1. The van der Waals surface area contributed by atoms with Gasteiger partial charge in [-0.1, -0.05) is 13.3 Å². The minimum Gasteiger partial charge on any atom is -0.312 e. The molecule has 2 unspecified atom stereocenters. The molecule has 0 N–H and O–H groups in total. The van der Waals surface area contributed by atoms with Crippen molar-refractivity contribution in [2.24, 2.45) is 0 Å². The Labute approximate surface area is 157 Å². The Morgan fingerprint density at radius 3 is 2.59 bits per heavy atom. The maximum absolute atomic E-state index is 14.6. The molecule has 142 valence electrons. The van der Waals surface area contributed by atoms with Crippen molar-refractivity contribution in [3.05, 3.63) is 53.0 Å². The van der Waals surface area contributed by atoms with Crippen LogP contribution < -0.4 is 5.56 Å². The SMILES string of the molecule is CCCC(F)Cn1ccc2cc(-c3ncc(S(C)=O)cn3)c(F)cc2c1=O. The molecular weight excluding hydrogens is 372 g/mol. The molecule has 0 aliphatic rings. The molecule has 2 atom stereocenters. The minimum atomic E-state index is -1.23. The summed E-state index contributed by atoms with van der Waals surface area (Å²) in [5, 5.41) is 0.694. The van der Waals surface area contributed by atoms with Crippen LogP contribution in [0.4, 0.5) is 8.78 Å². The van der Waals surface area contributed by atoms with Gasteiger partial charge in [-0.05, 0) is 30.0 Å². The van der Waals surface area contributed by atoms with Gasteiger partial charge < -0.3 is 4.57 Å². The molecule has 1 aromatic carbocycles. The largest absolute Gasteiger partial charge is 0.312 e. The van der Waals surface area contributed by atoms with E-state index in [-0.39, 0.29) is 23.3 Å². The van der Waals surface area contributed by atoms with E-state index in [1.807, 2.05) is 6.92 Å². The number of nitrogens with zero attached hydrogens (tertiary/aromatic N) is 3. The second kappa shape index (κ2) is 8.04. The number of aromatic nitrogens is 3. The topological polar surface area (TPSA) is 64.8 Å². The van der Waals surface area contributed by atoms with Crippen molar-refractivity contribution in [2.75, 3.05) is 6.26 Å². The molecule has 2 aromatic heterocycles. The third kappa shape index (κ3) is 4.10. The standard InChI is InChI=1S/C19H19F2N3O2S/c1-3-4-13(20)11-24-6-5-12-7-16(17(21)8-15(12)19(24)25)18-22-9-14(10-23-18)27(2)26/h5-10,13H,3-4,11H2,1-2H3. The molecule has 27 heavy (non-hydrogen) atoms. The van der Waals surface area contributed by atoms with Crippen LogP contribution in [-0.2, 0) is 17.3 Å². The molecule has 0 radical (unpaired) electrons. The fraction of sp³-hybridized carbons (Fsp3) is 0.316. The highest BCUT2D eigenvalue weighted by Gasteiger charge is 2.14. The van der Waals surface area contributed by atoms with Gasteiger partial charge in [0.05, 0.1) is 33.2 Å². The van der Waals surface area contributed by atoms with Crippen LogP contribution >= 0.6 is 0 Å². The Morgan fingerprint density at radius 2 is 1.96 bits per heavy atom. The number of hydrogen-bond donors (Lipinski definition) is 0. The van der Waals surface area contributed by atoms with Crippen LogP contribution in [0.15, 0.2) is 46.5 Å². The number of hydrogen-bond acceptors (Lipinski definition) is 4. The maximum atomic E-state index is 14.6. The molecule has 0 aliphatic heterocycles. The summed E-state index contributed by atoms with van der Waals surface area (Å²) in [6.07, 6.45) is 5.72. The Hall–Kier alpha value is -2.48. The second-order valence-electron chi connectivity index (χ2n) is 6.28. The van der Waals surface area contributed by atoms with Gasteiger partial charge in [0.15, 0.2) is 5.82 Å². The summed E-state index contributed by atoms with van der Waals surface area (Å²) in [6.45, 7) is 1.82. The van der Waals surface area contributed by atoms with Crippen LogP contribution in [-0.4, -0.2) is 31.2 Å². The highest BCUT2D eigenvalue weighted by molar-refractivity contribution is 7.84. The number of fused-ring (bicyclic) bond motifs is 1. The molecule has 0 saturated heterocycles. The fourth-order valence-corrected chi connectivity index (χ4v) is 3.24. The van der Waals surface area contributed by atoms with Gasteiger partial charge in [-0.15, -0.1) is 0 Å². The van der Waals surface area contributed by atoms with Gasteiger partial charge in [-0.25, -0.2) is 18.7 Å². The van der Waals surface area contributed by atoms with E-state index in [0.29, 0.717) is 23.1 Å². The summed E-state index contributed by atoms with van der Waals surface area (Å²) in [5.41, 5.74) is -0.295. The van der Waals surface area contributed by atoms with Crippen molar-refractivity contribution in [2.45, 2.75) is 37.4 Å². The highest BCUT2D eigenvalue weighted by atomic mass is 32.2. The zero-order chi connectivity index (χ0) is 19.6. The number of pyridine rings is 1. The monoisotopic (exact) mass is 391 g/mol. The smallest absolute Gasteiger partial charge is 0.258 e. The van der Waals surface area contributed by atoms with Gasteiger partial charge in [-0.3, -0.25) is 9.00 Å². The molecular formula is C19H19F2N3O2S. The number of rotatable bonds is 6. The van der Waals surface area contributed by atoms with Crippen LogP contribution in [0.5, 0.6) is 0 Å². The third-order valence-corrected chi connectivity index (χ3v) is 5.14. The molecule has 0 spiro atoms. The molecule has 0 saturated carbocycles. The lowest BCUT2D eigenvalue weighted by atomic mass is 10.1. The van der Waals surface area contributed by atoms with Crippen molar-refractivity contribution in [3.63, 3.8) is 0 Å². The van der Waals surface area contributed by atoms with E-state index in [0.717, 1.165) is 6.07 Å². The fourth-order valence-electron chi connectivity index (χ4n) is 2.84. The summed E-state index contributed by atoms with van der Waals surface area (Å²) in [7, 11) is -1.23. The van der Waals surface area contributed by atoms with E-state index >= 15 is 0 Å². The molecule has 5 nitrogen and oxygen atoms in total. The van der Waals surface area contributed by atoms with Gasteiger partial charge in [0, 0.05) is 24.8 Å². The van der Waals surface area contributed by atoms with E-state index in [4.69, 9.17) is 0 Å². The Morgan fingerprint density at radius 1 is 1.26 bits per heavy atom. The van der Waals surface area contributed by atoms with Crippen molar-refractivity contribution < 1.29 is 13.0 Å². The molecule has 0 fully saturated rings. The van der Waals surface area contributed by atoms with Crippen LogP contribution in [0.25, 0.3) is 22.2 Å². The van der Waals surface area contributed by atoms with Crippen LogP contribution in [0, 0.1) is 5.82 Å². The Bertz CT molecular complexity index is 1050. The Balaban J connectivity index is 2.02. The van der Waals surface area contributed by atoms with Crippen molar-refractivity contribution in [1.29, 1.82) is 0 Å². The number of benzene rings is 1. The lowest BCUT2D eigenvalue weighted by molar-refractivity contribution is 0.274. The molecule has 0 aliphatic carbocycles. The molecule has 2 heterocycles. The van der Waals surface area contributed by atoms with E-state index < -0.39 is 28.3 Å². The molecule has 0 amide bonds. The van der Waals surface area contributed by atoms with Crippen LogP contribution in [0.3, 0.4) is 0 Å². The lowest BCUT2D eigenvalue weighted by Crippen LogP contribution is -2.24. The lowest BCUT2D eigenvalue weighted by Gasteiger charge is -2.11. The number of halogens is 2. The number of alkyl halides is 1. The summed E-state index contributed by atoms with van der Waals surface area (Å²) < 4.78 is 41.1. The van der Waals surface area contributed by atoms with E-state index in [1.54, 1.807) is 6.07 Å². The molecule has 0 bridgehead atoms. The van der Waals surface area contributed by atoms with E-state index in [9.17, 15) is 17.8 Å². The van der Waals surface area contributed by atoms with Gasteiger partial charge in [0.25, 0.3) is 5.56 Å². The van der Waals surface area contributed by atoms with E-state index in [2.05, 4.69) is 9.97 Å². The molecule has 8 heteroatoms. The quantitative estimate of drug-likeness (QED) is 0.645.